The quantitative estimate of drug-likeness (QED) is 0.787. The molecule has 0 spiro atoms. The van der Waals surface area contributed by atoms with Gasteiger partial charge in [-0.2, -0.15) is 0 Å². The highest BCUT2D eigenvalue weighted by Gasteiger charge is 2.16. The summed E-state index contributed by atoms with van der Waals surface area (Å²) in [5.74, 6) is 0.769. The van der Waals surface area contributed by atoms with Crippen molar-refractivity contribution in [1.29, 1.82) is 0 Å². The SMILES string of the molecule is Nc1nc(-c2ccco2)c(Oc2ccc(F)cc2)s1. The number of halogens is 1. The van der Waals surface area contributed by atoms with E-state index in [9.17, 15) is 4.39 Å². The molecule has 0 amide bonds. The second-order valence-corrected chi connectivity index (χ2v) is 4.71. The summed E-state index contributed by atoms with van der Waals surface area (Å²) in [4.78, 5) is 4.17. The smallest absolute Gasteiger partial charge is 0.213 e. The number of benzene rings is 1. The van der Waals surface area contributed by atoms with Crippen molar-refractivity contribution >= 4 is 16.5 Å². The number of anilines is 1. The molecule has 19 heavy (non-hydrogen) atoms. The molecule has 0 aliphatic rings. The number of hydrogen-bond donors (Lipinski definition) is 1. The van der Waals surface area contributed by atoms with Crippen LogP contribution in [0.2, 0.25) is 0 Å². The van der Waals surface area contributed by atoms with Gasteiger partial charge in [-0.1, -0.05) is 11.3 Å². The summed E-state index contributed by atoms with van der Waals surface area (Å²) < 4.78 is 23.8. The van der Waals surface area contributed by atoms with E-state index in [4.69, 9.17) is 14.9 Å². The first-order valence-corrected chi connectivity index (χ1v) is 6.27. The second-order valence-electron chi connectivity index (χ2n) is 3.72. The van der Waals surface area contributed by atoms with E-state index in [1.165, 1.54) is 35.6 Å². The predicted molar refractivity (Wildman–Crippen MR) is 70.7 cm³/mol. The van der Waals surface area contributed by atoms with Crippen molar-refractivity contribution in [2.75, 3.05) is 5.73 Å². The highest BCUT2D eigenvalue weighted by atomic mass is 32.1. The molecule has 6 heteroatoms. The third-order valence-electron chi connectivity index (χ3n) is 2.39. The average molecular weight is 276 g/mol. The summed E-state index contributed by atoms with van der Waals surface area (Å²) in [7, 11) is 0. The van der Waals surface area contributed by atoms with Crippen molar-refractivity contribution < 1.29 is 13.5 Å². The highest BCUT2D eigenvalue weighted by Crippen LogP contribution is 2.39. The molecule has 0 atom stereocenters. The monoisotopic (exact) mass is 276 g/mol. The molecule has 0 fully saturated rings. The van der Waals surface area contributed by atoms with Crippen molar-refractivity contribution in [2.24, 2.45) is 0 Å². The Bertz CT molecular complexity index is 677. The van der Waals surface area contributed by atoms with Gasteiger partial charge in [0.2, 0.25) is 5.06 Å². The molecule has 2 heterocycles. The normalized spacial score (nSPS) is 10.6. The van der Waals surface area contributed by atoms with Gasteiger partial charge in [0.1, 0.15) is 11.6 Å². The molecule has 1 aromatic carbocycles. The predicted octanol–water partition coefficient (Wildman–Crippen LogP) is 3.92. The Hall–Kier alpha value is -2.34. The number of furan rings is 1. The molecule has 2 aromatic heterocycles. The van der Waals surface area contributed by atoms with Crippen LogP contribution in [-0.4, -0.2) is 4.98 Å². The maximum Gasteiger partial charge on any atom is 0.213 e. The van der Waals surface area contributed by atoms with Gasteiger partial charge in [-0.3, -0.25) is 0 Å². The Balaban J connectivity index is 1.95. The van der Waals surface area contributed by atoms with Gasteiger partial charge in [0.05, 0.1) is 6.26 Å². The lowest BCUT2D eigenvalue weighted by molar-refractivity contribution is 0.490. The number of nitrogens with zero attached hydrogens (tertiary/aromatic N) is 1. The molecule has 3 aromatic rings. The standard InChI is InChI=1S/C13H9FN2O2S/c14-8-3-5-9(6-4-8)18-12-11(16-13(15)19-12)10-2-1-7-17-10/h1-7H,(H2,15,16). The molecular weight excluding hydrogens is 267 g/mol. The Kier molecular flexibility index (Phi) is 2.92. The molecule has 0 aliphatic heterocycles. The van der Waals surface area contributed by atoms with Gasteiger partial charge >= 0.3 is 0 Å². The Labute approximate surface area is 112 Å². The minimum Gasteiger partial charge on any atom is -0.463 e. The number of ether oxygens (including phenoxy) is 1. The number of hydrogen-bond acceptors (Lipinski definition) is 5. The van der Waals surface area contributed by atoms with Crippen LogP contribution >= 0.6 is 11.3 Å². The summed E-state index contributed by atoms with van der Waals surface area (Å²) in [6.07, 6.45) is 1.55. The fraction of sp³-hybridized carbons (Fsp3) is 0. The number of thiazole rings is 1. The summed E-state index contributed by atoms with van der Waals surface area (Å²) in [6, 6.07) is 9.26. The molecule has 2 N–H and O–H groups in total. The van der Waals surface area contributed by atoms with E-state index in [-0.39, 0.29) is 5.82 Å². The van der Waals surface area contributed by atoms with Crippen LogP contribution in [-0.2, 0) is 0 Å². The van der Waals surface area contributed by atoms with Crippen molar-refractivity contribution in [2.45, 2.75) is 0 Å². The zero-order valence-corrected chi connectivity index (χ0v) is 10.5. The van der Waals surface area contributed by atoms with Crippen LogP contribution in [0.15, 0.2) is 47.1 Å². The van der Waals surface area contributed by atoms with Gasteiger partial charge in [-0.05, 0) is 36.4 Å². The van der Waals surface area contributed by atoms with Crippen LogP contribution in [0.5, 0.6) is 10.8 Å². The lowest BCUT2D eigenvalue weighted by Crippen LogP contribution is -1.85. The van der Waals surface area contributed by atoms with Crippen molar-refractivity contribution in [3.8, 4) is 22.3 Å². The van der Waals surface area contributed by atoms with Gasteiger partial charge in [-0.15, -0.1) is 0 Å². The summed E-state index contributed by atoms with van der Waals surface area (Å²) in [5.41, 5.74) is 6.23. The lowest BCUT2D eigenvalue weighted by atomic mass is 10.3. The molecule has 96 valence electrons. The maximum atomic E-state index is 12.8. The largest absolute Gasteiger partial charge is 0.463 e. The van der Waals surface area contributed by atoms with E-state index < -0.39 is 0 Å². The molecule has 0 radical (unpaired) electrons. The number of nitrogens with two attached hydrogens (primary N) is 1. The van der Waals surface area contributed by atoms with Gasteiger partial charge in [0, 0.05) is 0 Å². The summed E-state index contributed by atoms with van der Waals surface area (Å²) in [6.45, 7) is 0. The first-order chi connectivity index (χ1) is 9.22. The lowest BCUT2D eigenvalue weighted by Gasteiger charge is -2.03. The third-order valence-corrected chi connectivity index (χ3v) is 3.15. The van der Waals surface area contributed by atoms with E-state index >= 15 is 0 Å². The highest BCUT2D eigenvalue weighted by molar-refractivity contribution is 7.17. The molecule has 0 saturated heterocycles. The fourth-order valence-electron chi connectivity index (χ4n) is 1.57. The summed E-state index contributed by atoms with van der Waals surface area (Å²) >= 11 is 1.20. The topological polar surface area (TPSA) is 61.3 Å². The Morgan fingerprint density at radius 1 is 1.21 bits per heavy atom. The summed E-state index contributed by atoms with van der Waals surface area (Å²) in [5, 5.41) is 0.891. The zero-order valence-electron chi connectivity index (χ0n) is 9.67. The first-order valence-electron chi connectivity index (χ1n) is 5.46. The van der Waals surface area contributed by atoms with Crippen LogP contribution in [0, 0.1) is 5.82 Å². The van der Waals surface area contributed by atoms with E-state index in [0.717, 1.165) is 0 Å². The Morgan fingerprint density at radius 2 is 2.00 bits per heavy atom. The fourth-order valence-corrected chi connectivity index (χ4v) is 2.28. The molecule has 4 nitrogen and oxygen atoms in total. The van der Waals surface area contributed by atoms with Gasteiger partial charge in [0.15, 0.2) is 16.6 Å². The minimum absolute atomic E-state index is 0.317. The van der Waals surface area contributed by atoms with E-state index in [1.54, 1.807) is 18.4 Å². The van der Waals surface area contributed by atoms with Gasteiger partial charge in [-0.25, -0.2) is 9.37 Å². The van der Waals surface area contributed by atoms with Crippen LogP contribution in [0.1, 0.15) is 0 Å². The second kappa shape index (κ2) is 4.74. The zero-order chi connectivity index (χ0) is 13.2. The van der Waals surface area contributed by atoms with Crippen LogP contribution in [0.25, 0.3) is 11.5 Å². The van der Waals surface area contributed by atoms with E-state index in [1.807, 2.05) is 0 Å². The number of aromatic nitrogens is 1. The first kappa shape index (κ1) is 11.7. The van der Waals surface area contributed by atoms with Crippen molar-refractivity contribution in [3.63, 3.8) is 0 Å². The number of nitrogen functional groups attached to an aromatic ring is 1. The number of rotatable bonds is 3. The maximum absolute atomic E-state index is 12.8. The van der Waals surface area contributed by atoms with Crippen LogP contribution in [0.4, 0.5) is 9.52 Å². The molecular formula is C13H9FN2O2S. The molecule has 0 aliphatic carbocycles. The molecule has 0 unspecified atom stereocenters. The van der Waals surface area contributed by atoms with E-state index in [0.29, 0.717) is 27.4 Å². The molecule has 3 rings (SSSR count). The average Bonchev–Trinajstić information content (AvgIpc) is 3.01. The van der Waals surface area contributed by atoms with Gasteiger partial charge in [0.25, 0.3) is 0 Å². The van der Waals surface area contributed by atoms with Crippen LogP contribution < -0.4 is 10.5 Å². The molecule has 0 bridgehead atoms. The van der Waals surface area contributed by atoms with Crippen molar-refractivity contribution in [3.05, 3.63) is 48.5 Å². The minimum atomic E-state index is -0.317. The van der Waals surface area contributed by atoms with E-state index in [2.05, 4.69) is 4.98 Å². The molecule has 0 saturated carbocycles. The van der Waals surface area contributed by atoms with Gasteiger partial charge < -0.3 is 14.9 Å². The third kappa shape index (κ3) is 2.43. The Morgan fingerprint density at radius 3 is 2.68 bits per heavy atom. The van der Waals surface area contributed by atoms with Crippen LogP contribution in [0.3, 0.4) is 0 Å². The van der Waals surface area contributed by atoms with Crippen molar-refractivity contribution in [1.82, 2.24) is 4.98 Å².